The summed E-state index contributed by atoms with van der Waals surface area (Å²) in [5.74, 6) is -0.468. The van der Waals surface area contributed by atoms with E-state index in [-0.39, 0.29) is 51.3 Å². The van der Waals surface area contributed by atoms with Crippen molar-refractivity contribution in [2.45, 2.75) is 27.7 Å². The molecule has 4 heterocycles. The van der Waals surface area contributed by atoms with E-state index < -0.39 is 10.8 Å². The van der Waals surface area contributed by atoms with Gasteiger partial charge in [-0.05, 0) is 80.8 Å². The predicted molar refractivity (Wildman–Crippen MR) is 277 cm³/mol. The number of amides is 2. The van der Waals surface area contributed by atoms with Crippen LogP contribution in [0.3, 0.4) is 0 Å². The third kappa shape index (κ3) is 14.6. The molecular formula is C50H58F2N10O7S2. The largest absolute Gasteiger partial charge is 0.412 e. The van der Waals surface area contributed by atoms with Gasteiger partial charge in [0, 0.05) is 102 Å². The van der Waals surface area contributed by atoms with Gasteiger partial charge >= 0.3 is 0 Å². The molecule has 8 rings (SSSR count). The van der Waals surface area contributed by atoms with Crippen molar-refractivity contribution >= 4 is 67.7 Å². The van der Waals surface area contributed by atoms with Crippen LogP contribution >= 0.6 is 11.8 Å². The van der Waals surface area contributed by atoms with Crippen LogP contribution in [-0.2, 0) is 20.3 Å². The number of aromatic nitrogens is 4. The molecule has 0 aliphatic carbocycles. The molecular weight excluding hydrogens is 955 g/mol. The van der Waals surface area contributed by atoms with Crippen LogP contribution in [0, 0.1) is 36.3 Å². The third-order valence-corrected chi connectivity index (χ3v) is 12.2. The quantitative estimate of drug-likeness (QED) is 0.0774. The second kappa shape index (κ2) is 26.9. The minimum atomic E-state index is -1.54. The Hall–Kier alpha value is -6.88. The van der Waals surface area contributed by atoms with Gasteiger partial charge in [-0.1, -0.05) is 37.1 Å². The van der Waals surface area contributed by atoms with Crippen molar-refractivity contribution in [1.29, 1.82) is 10.8 Å². The summed E-state index contributed by atoms with van der Waals surface area (Å²) in [7, 11) is -1.54. The Morgan fingerprint density at radius 3 is 1.39 bits per heavy atom. The van der Waals surface area contributed by atoms with E-state index in [0.29, 0.717) is 114 Å². The number of hydrogen-bond donors (Lipinski definition) is 4. The number of carbonyl (C=O) groups is 2. The molecule has 2 amide bonds. The standard InChI is InChI=1S/C24H24FN5O3S.C24H24FN5O2S.C2H6.2H2O/c1-15-3-6-20(25)19(11-15)17-13-27-24(28-14-17)29-21-12-16(4-5-18(21)22(26)34(2)32)23(31)30-7-9-33-10-8-30;1-15-3-6-20(25)19(11-15)17-13-27-24(28-14-17)29-21-12-16(4-5-18(21)22(26)33-2)23(31)30-7-9-32-10-8-30;1-2;;/h3-6,11-14,26H,7-10H2,1-2H3,(H,27,28,29);3-6,11-14,26H,7-10H2,1-2H3,(H,27,28,29);1-2H3;2*1H2. The highest BCUT2D eigenvalue weighted by Crippen LogP contribution is 2.29. The van der Waals surface area contributed by atoms with Crippen LogP contribution in [0.4, 0.5) is 32.1 Å². The maximum Gasteiger partial charge on any atom is 0.254 e. The minimum Gasteiger partial charge on any atom is -0.412 e. The molecule has 0 saturated carbocycles. The molecule has 1 unspecified atom stereocenters. The fourth-order valence-electron chi connectivity index (χ4n) is 7.15. The molecule has 21 heteroatoms. The maximum absolute atomic E-state index is 14.2. The van der Waals surface area contributed by atoms with Crippen LogP contribution in [0.15, 0.2) is 97.6 Å². The number of morpholine rings is 2. The first kappa shape index (κ1) is 56.7. The topological polar surface area (TPSA) is 262 Å². The lowest BCUT2D eigenvalue weighted by Crippen LogP contribution is -2.40. The van der Waals surface area contributed by atoms with E-state index >= 15 is 0 Å². The summed E-state index contributed by atoms with van der Waals surface area (Å²) in [6.45, 7) is 11.9. The highest BCUT2D eigenvalue weighted by Gasteiger charge is 2.23. The summed E-state index contributed by atoms with van der Waals surface area (Å²) < 4.78 is 51.1. The summed E-state index contributed by atoms with van der Waals surface area (Å²) >= 11 is 1.30. The van der Waals surface area contributed by atoms with E-state index in [1.807, 2.05) is 34.0 Å². The molecule has 2 aliphatic heterocycles. The Morgan fingerprint density at radius 2 is 1.01 bits per heavy atom. The Labute approximate surface area is 417 Å². The molecule has 17 nitrogen and oxygen atoms in total. The van der Waals surface area contributed by atoms with Crippen LogP contribution in [0.2, 0.25) is 0 Å². The fourth-order valence-corrected chi connectivity index (χ4v) is 8.03. The highest BCUT2D eigenvalue weighted by atomic mass is 32.2. The smallest absolute Gasteiger partial charge is 0.254 e. The van der Waals surface area contributed by atoms with Crippen molar-refractivity contribution in [1.82, 2.24) is 29.7 Å². The Bertz CT molecular complexity index is 2830. The van der Waals surface area contributed by atoms with Crippen molar-refractivity contribution in [2.24, 2.45) is 0 Å². The van der Waals surface area contributed by atoms with Gasteiger partial charge in [-0.25, -0.2) is 28.7 Å². The molecule has 4 aromatic carbocycles. The van der Waals surface area contributed by atoms with E-state index in [1.165, 1.54) is 42.5 Å². The second-order valence-corrected chi connectivity index (χ2v) is 17.6. The molecule has 8 N–H and O–H groups in total. The summed E-state index contributed by atoms with van der Waals surface area (Å²) in [6, 6.07) is 19.7. The number of benzene rings is 4. The number of aryl methyl sites for hydroxylation is 2. The average molecular weight is 1010 g/mol. The number of halogens is 2. The van der Waals surface area contributed by atoms with Crippen molar-refractivity contribution in [3.63, 3.8) is 0 Å². The monoisotopic (exact) mass is 1010 g/mol. The zero-order chi connectivity index (χ0) is 49.6. The van der Waals surface area contributed by atoms with Gasteiger partial charge in [-0.2, -0.15) is 0 Å². The van der Waals surface area contributed by atoms with Crippen LogP contribution in [0.25, 0.3) is 22.3 Å². The Morgan fingerprint density at radius 1 is 0.634 bits per heavy atom. The van der Waals surface area contributed by atoms with Gasteiger partial charge in [0.25, 0.3) is 11.8 Å². The van der Waals surface area contributed by atoms with Crippen molar-refractivity contribution < 1.29 is 43.0 Å². The molecule has 0 spiro atoms. The summed E-state index contributed by atoms with van der Waals surface area (Å²) in [6.07, 6.45) is 9.34. The Kier molecular flexibility index (Phi) is 21.5. The van der Waals surface area contributed by atoms with E-state index in [2.05, 4.69) is 30.6 Å². The van der Waals surface area contributed by atoms with Crippen LogP contribution in [-0.4, -0.2) is 132 Å². The number of nitrogens with one attached hydrogen (secondary N) is 4. The molecule has 2 aromatic heterocycles. The van der Waals surface area contributed by atoms with Crippen molar-refractivity contribution in [3.05, 3.63) is 143 Å². The van der Waals surface area contributed by atoms with E-state index in [4.69, 9.17) is 20.3 Å². The molecule has 6 aromatic rings. The van der Waals surface area contributed by atoms with E-state index in [0.717, 1.165) is 11.1 Å². The van der Waals surface area contributed by atoms with Crippen LogP contribution in [0.5, 0.6) is 0 Å². The fraction of sp³-hybridized carbons (Fsp3) is 0.280. The van der Waals surface area contributed by atoms with Gasteiger partial charge in [0.15, 0.2) is 0 Å². The molecule has 2 aliphatic rings. The molecule has 2 fully saturated rings. The predicted octanol–water partition coefficient (Wildman–Crippen LogP) is 7.38. The molecule has 376 valence electrons. The first-order valence-electron chi connectivity index (χ1n) is 22.1. The number of nitrogens with zero attached hydrogens (tertiary/aromatic N) is 6. The van der Waals surface area contributed by atoms with Crippen molar-refractivity contribution in [2.75, 3.05) is 75.8 Å². The van der Waals surface area contributed by atoms with Crippen LogP contribution < -0.4 is 10.6 Å². The van der Waals surface area contributed by atoms with Gasteiger partial charge in [0.2, 0.25) is 11.9 Å². The number of carbonyl (C=O) groups excluding carboxylic acids is 2. The van der Waals surface area contributed by atoms with Gasteiger partial charge in [-0.15, -0.1) is 11.8 Å². The van der Waals surface area contributed by atoms with E-state index in [9.17, 15) is 22.6 Å². The molecule has 0 radical (unpaired) electrons. The molecule has 71 heavy (non-hydrogen) atoms. The van der Waals surface area contributed by atoms with E-state index in [1.54, 1.807) is 82.9 Å². The molecule has 2 saturated heterocycles. The number of hydrogen-bond acceptors (Lipinski definition) is 14. The zero-order valence-electron chi connectivity index (χ0n) is 40.2. The number of thioether (sulfide) groups is 1. The van der Waals surface area contributed by atoms with Crippen LogP contribution in [0.1, 0.15) is 56.8 Å². The normalized spacial score (nSPS) is 13.4. The van der Waals surface area contributed by atoms with Crippen molar-refractivity contribution in [3.8, 4) is 22.3 Å². The highest BCUT2D eigenvalue weighted by molar-refractivity contribution is 8.13. The zero-order valence-corrected chi connectivity index (χ0v) is 41.8. The number of ether oxygens (including phenoxy) is 2. The van der Waals surface area contributed by atoms with Gasteiger partial charge < -0.3 is 40.9 Å². The lowest BCUT2D eigenvalue weighted by Gasteiger charge is -2.27. The molecule has 0 bridgehead atoms. The maximum atomic E-state index is 14.2. The Balaban J connectivity index is 0.000000290. The first-order valence-corrected chi connectivity index (χ1v) is 24.9. The lowest BCUT2D eigenvalue weighted by molar-refractivity contribution is 0.0301. The summed E-state index contributed by atoms with van der Waals surface area (Å²) in [5.41, 5.74) is 6.65. The number of anilines is 4. The SMILES string of the molecule is CC.CSC(=N)c1ccc(C(=O)N2CCOCC2)cc1Nc1ncc(-c2cc(C)ccc2F)cn1.Cc1ccc(F)c(-c2cnc(Nc3cc(C(=O)N4CCOCC4)ccc3C(=N)S(C)=O)nc2)c1.O.O. The minimum absolute atomic E-state index is 0. The first-order chi connectivity index (χ1) is 33.3. The number of rotatable bonds is 10. The lowest BCUT2D eigenvalue weighted by atomic mass is 10.1. The summed E-state index contributed by atoms with van der Waals surface area (Å²) in [5, 5.41) is 22.9. The second-order valence-electron chi connectivity index (χ2n) is 15.5. The summed E-state index contributed by atoms with van der Waals surface area (Å²) in [4.78, 5) is 46.6. The van der Waals surface area contributed by atoms with Gasteiger partial charge in [0.05, 0.1) is 53.6 Å². The van der Waals surface area contributed by atoms with Gasteiger partial charge in [0.1, 0.15) is 16.7 Å². The molecule has 1 atom stereocenters. The van der Waals surface area contributed by atoms with Gasteiger partial charge in [-0.3, -0.25) is 24.6 Å². The third-order valence-electron chi connectivity index (χ3n) is 10.8. The average Bonchev–Trinajstić information content (AvgIpc) is 3.38.